The van der Waals surface area contributed by atoms with Gasteiger partial charge in [0.1, 0.15) is 26.7 Å². The summed E-state index contributed by atoms with van der Waals surface area (Å²) in [6.45, 7) is 0. The van der Waals surface area contributed by atoms with Crippen molar-refractivity contribution in [3.8, 4) is 5.75 Å². The maximum absolute atomic E-state index is 13.1. The highest BCUT2D eigenvalue weighted by atomic mass is 32.2. The molecule has 10 heteroatoms. The number of carbonyl (C=O) groups excluding carboxylic acids is 1. The normalized spacial score (nSPS) is 16.3. The lowest BCUT2D eigenvalue weighted by Crippen LogP contribution is -2.42. The summed E-state index contributed by atoms with van der Waals surface area (Å²) in [5.74, 6) is -1.71. The van der Waals surface area contributed by atoms with Gasteiger partial charge in [0, 0.05) is 12.2 Å². The van der Waals surface area contributed by atoms with Crippen molar-refractivity contribution < 1.29 is 22.7 Å². The van der Waals surface area contributed by atoms with Gasteiger partial charge in [-0.15, -0.1) is 0 Å². The summed E-state index contributed by atoms with van der Waals surface area (Å²) in [7, 11) is -3.09. The molecule has 3 N–H and O–H groups in total. The molecule has 3 aromatic rings. The fourth-order valence-corrected chi connectivity index (χ4v) is 5.13. The van der Waals surface area contributed by atoms with Crippen LogP contribution < -0.4 is 10.9 Å². The summed E-state index contributed by atoms with van der Waals surface area (Å²) in [5.41, 5.74) is 0.682. The highest BCUT2D eigenvalue weighted by Crippen LogP contribution is 2.24. The number of fused-ring (bicyclic) bond motifs is 1. The Labute approximate surface area is 177 Å². The van der Waals surface area contributed by atoms with E-state index in [-0.39, 0.29) is 41.2 Å². The quantitative estimate of drug-likeness (QED) is 0.560. The van der Waals surface area contributed by atoms with Gasteiger partial charge in [-0.2, -0.15) is 0 Å². The largest absolute Gasteiger partial charge is 0.505 e. The van der Waals surface area contributed by atoms with Gasteiger partial charge in [0.05, 0.1) is 17.0 Å². The van der Waals surface area contributed by atoms with Gasteiger partial charge in [0.15, 0.2) is 5.75 Å². The monoisotopic (exact) mass is 445 g/mol. The van der Waals surface area contributed by atoms with Gasteiger partial charge in [0.25, 0.3) is 11.5 Å². The Morgan fingerprint density at radius 3 is 2.55 bits per heavy atom. The van der Waals surface area contributed by atoms with Crippen LogP contribution in [0.1, 0.15) is 34.3 Å². The molecule has 1 aromatic carbocycles. The smallest absolute Gasteiger partial charge is 0.265 e. The first-order valence-corrected chi connectivity index (χ1v) is 11.5. The lowest BCUT2D eigenvalue weighted by molar-refractivity contribution is 0.0930. The van der Waals surface area contributed by atoms with Gasteiger partial charge in [0.2, 0.25) is 0 Å². The molecule has 1 aliphatic heterocycles. The summed E-state index contributed by atoms with van der Waals surface area (Å²) < 4.78 is 36.1. The minimum atomic E-state index is -3.09. The molecule has 1 amide bonds. The van der Waals surface area contributed by atoms with Crippen LogP contribution in [0, 0.1) is 5.82 Å². The Hall–Kier alpha value is -3.27. The zero-order valence-electron chi connectivity index (χ0n) is 16.4. The minimum Gasteiger partial charge on any atom is -0.505 e. The van der Waals surface area contributed by atoms with Crippen molar-refractivity contribution in [2.24, 2.45) is 0 Å². The van der Waals surface area contributed by atoms with Crippen LogP contribution in [0.4, 0.5) is 4.39 Å². The molecule has 3 heterocycles. The van der Waals surface area contributed by atoms with E-state index in [1.807, 2.05) is 0 Å². The van der Waals surface area contributed by atoms with Crippen molar-refractivity contribution in [3.63, 3.8) is 0 Å². The fraction of sp³-hybridized carbons (Fsp3) is 0.286. The second kappa shape index (κ2) is 8.10. The molecule has 0 bridgehead atoms. The van der Waals surface area contributed by atoms with E-state index in [0.717, 1.165) is 11.1 Å². The molecule has 1 aliphatic rings. The molecular formula is C21H20FN3O5S. The van der Waals surface area contributed by atoms with Gasteiger partial charge >= 0.3 is 0 Å². The average molecular weight is 445 g/mol. The van der Waals surface area contributed by atoms with Crippen LogP contribution in [-0.4, -0.2) is 46.9 Å². The molecule has 0 atom stereocenters. The highest BCUT2D eigenvalue weighted by Gasteiger charge is 2.27. The van der Waals surface area contributed by atoms with Gasteiger partial charge in [-0.05, 0) is 48.6 Å². The van der Waals surface area contributed by atoms with Crippen LogP contribution in [0.5, 0.6) is 5.75 Å². The topological polar surface area (TPSA) is 129 Å². The zero-order chi connectivity index (χ0) is 22.2. The number of hydrogen-bond donors (Lipinski definition) is 3. The van der Waals surface area contributed by atoms with E-state index in [9.17, 15) is 27.5 Å². The predicted molar refractivity (Wildman–Crippen MR) is 112 cm³/mol. The number of H-pyrrole nitrogens is 1. The first-order valence-electron chi connectivity index (χ1n) is 9.71. The number of benzene rings is 1. The lowest BCUT2D eigenvalue weighted by atomic mass is 10.1. The number of hydrogen-bond acceptors (Lipinski definition) is 6. The van der Waals surface area contributed by atoms with Crippen molar-refractivity contribution in [1.82, 2.24) is 15.3 Å². The third-order valence-electron chi connectivity index (χ3n) is 5.32. The highest BCUT2D eigenvalue weighted by molar-refractivity contribution is 7.91. The van der Waals surface area contributed by atoms with E-state index in [1.165, 1.54) is 18.3 Å². The number of rotatable bonds is 4. The number of sulfone groups is 1. The number of nitrogens with one attached hydrogen (secondary N) is 2. The van der Waals surface area contributed by atoms with Crippen LogP contribution in [0.2, 0.25) is 0 Å². The Bertz CT molecular complexity index is 1310. The standard InChI is InChI=1S/C21H20FN3O5S/c22-14-3-1-12(2-4-14)9-13-10-16-18(23-11-13)19(26)17(21(28)25-16)20(27)24-15-5-7-31(29,30)8-6-15/h1-4,10-11,15H,5-9H2,(H,24,27)(H2,25,26,28). The second-order valence-electron chi connectivity index (χ2n) is 7.62. The van der Waals surface area contributed by atoms with Crippen LogP contribution in [0.15, 0.2) is 41.3 Å². The molecule has 8 nitrogen and oxygen atoms in total. The Balaban J connectivity index is 1.58. The van der Waals surface area contributed by atoms with E-state index in [1.54, 1.807) is 18.2 Å². The van der Waals surface area contributed by atoms with Gasteiger partial charge in [-0.3, -0.25) is 14.6 Å². The van der Waals surface area contributed by atoms with Crippen molar-refractivity contribution >= 4 is 26.8 Å². The van der Waals surface area contributed by atoms with E-state index >= 15 is 0 Å². The summed E-state index contributed by atoms with van der Waals surface area (Å²) >= 11 is 0. The van der Waals surface area contributed by atoms with Gasteiger partial charge < -0.3 is 15.4 Å². The Morgan fingerprint density at radius 1 is 1.19 bits per heavy atom. The van der Waals surface area contributed by atoms with Crippen molar-refractivity contribution in [1.29, 1.82) is 0 Å². The number of aromatic nitrogens is 2. The maximum Gasteiger partial charge on any atom is 0.265 e. The van der Waals surface area contributed by atoms with Gasteiger partial charge in [-0.25, -0.2) is 12.8 Å². The summed E-state index contributed by atoms with van der Waals surface area (Å²) in [5, 5.41) is 13.2. The molecular weight excluding hydrogens is 425 g/mol. The third kappa shape index (κ3) is 4.58. The van der Waals surface area contributed by atoms with E-state index in [0.29, 0.717) is 6.42 Å². The minimum absolute atomic E-state index is 0.0314. The number of nitrogens with zero attached hydrogens (tertiary/aromatic N) is 1. The number of carbonyl (C=O) groups is 1. The molecule has 0 spiro atoms. The predicted octanol–water partition coefficient (Wildman–Crippen LogP) is 1.67. The third-order valence-corrected chi connectivity index (χ3v) is 7.03. The maximum atomic E-state index is 13.1. The van der Waals surface area contributed by atoms with E-state index < -0.39 is 38.7 Å². The number of amides is 1. The molecule has 0 unspecified atom stereocenters. The van der Waals surface area contributed by atoms with Crippen LogP contribution in [-0.2, 0) is 16.3 Å². The average Bonchev–Trinajstić information content (AvgIpc) is 2.71. The van der Waals surface area contributed by atoms with Crippen LogP contribution in [0.3, 0.4) is 0 Å². The van der Waals surface area contributed by atoms with Gasteiger partial charge in [-0.1, -0.05) is 12.1 Å². The molecule has 1 saturated heterocycles. The van der Waals surface area contributed by atoms with Crippen molar-refractivity contribution in [2.75, 3.05) is 11.5 Å². The number of aromatic amines is 1. The molecule has 31 heavy (non-hydrogen) atoms. The molecule has 4 rings (SSSR count). The Morgan fingerprint density at radius 2 is 1.87 bits per heavy atom. The number of aromatic hydroxyl groups is 1. The second-order valence-corrected chi connectivity index (χ2v) is 9.92. The molecule has 0 saturated carbocycles. The first-order chi connectivity index (χ1) is 14.7. The van der Waals surface area contributed by atoms with Crippen molar-refractivity contribution in [3.05, 3.63) is 69.4 Å². The molecule has 162 valence electrons. The van der Waals surface area contributed by atoms with Crippen LogP contribution >= 0.6 is 0 Å². The number of halogens is 1. The molecule has 0 aliphatic carbocycles. The molecule has 0 radical (unpaired) electrons. The number of pyridine rings is 2. The van der Waals surface area contributed by atoms with E-state index in [4.69, 9.17) is 0 Å². The summed E-state index contributed by atoms with van der Waals surface area (Å²) in [4.78, 5) is 31.9. The summed E-state index contributed by atoms with van der Waals surface area (Å²) in [6.07, 6.45) is 2.47. The molecule has 1 fully saturated rings. The van der Waals surface area contributed by atoms with E-state index in [2.05, 4.69) is 15.3 Å². The first kappa shape index (κ1) is 21.0. The summed E-state index contributed by atoms with van der Waals surface area (Å²) in [6, 6.07) is 7.24. The zero-order valence-corrected chi connectivity index (χ0v) is 17.2. The van der Waals surface area contributed by atoms with Crippen LogP contribution in [0.25, 0.3) is 11.0 Å². The Kier molecular flexibility index (Phi) is 5.48. The SMILES string of the molecule is O=C(NC1CCS(=O)(=O)CC1)c1c(O)c2ncc(Cc3ccc(F)cc3)cc2[nH]c1=O. The lowest BCUT2D eigenvalue weighted by Gasteiger charge is -2.23. The fourth-order valence-electron chi connectivity index (χ4n) is 3.64. The molecule has 2 aromatic heterocycles. The van der Waals surface area contributed by atoms with Crippen molar-refractivity contribution in [2.45, 2.75) is 25.3 Å².